The van der Waals surface area contributed by atoms with Gasteiger partial charge in [-0.3, -0.25) is 4.79 Å². The fourth-order valence-electron chi connectivity index (χ4n) is 1.33. The Morgan fingerprint density at radius 3 is 2.50 bits per heavy atom. The summed E-state index contributed by atoms with van der Waals surface area (Å²) >= 11 is 0. The Balaban J connectivity index is 3.64. The van der Waals surface area contributed by atoms with Crippen LogP contribution in [0.3, 0.4) is 0 Å². The zero-order chi connectivity index (χ0) is 12.6. The van der Waals surface area contributed by atoms with Crippen LogP contribution in [0.15, 0.2) is 0 Å². The van der Waals surface area contributed by atoms with Crippen LogP contribution in [0.25, 0.3) is 0 Å². The predicted molar refractivity (Wildman–Crippen MR) is 66.0 cm³/mol. The fourth-order valence-corrected chi connectivity index (χ4v) is 1.33. The molecular weight excluding hydrogens is 204 g/mol. The summed E-state index contributed by atoms with van der Waals surface area (Å²) in [5.41, 5.74) is 9.78. The first-order chi connectivity index (χ1) is 7.40. The van der Waals surface area contributed by atoms with Gasteiger partial charge in [-0.05, 0) is 20.3 Å². The highest BCUT2D eigenvalue weighted by molar-refractivity contribution is 5.83. The molecule has 0 aliphatic heterocycles. The Hall–Kier alpha value is -0.610. The highest BCUT2D eigenvalue weighted by Gasteiger charge is 2.26. The van der Waals surface area contributed by atoms with Crippen molar-refractivity contribution in [3.8, 4) is 0 Å². The smallest absolute Gasteiger partial charge is 0.239 e. The van der Waals surface area contributed by atoms with Crippen molar-refractivity contribution >= 4 is 5.91 Å². The van der Waals surface area contributed by atoms with Gasteiger partial charge in [0.25, 0.3) is 0 Å². The lowest BCUT2D eigenvalue weighted by atomic mass is 10.1. The number of hydrogen-bond acceptors (Lipinski definition) is 3. The highest BCUT2D eigenvalue weighted by Crippen LogP contribution is 2.09. The van der Waals surface area contributed by atoms with Crippen molar-refractivity contribution in [1.29, 1.82) is 0 Å². The molecule has 0 aliphatic rings. The molecular formula is C12H26N2O2. The first-order valence-electron chi connectivity index (χ1n) is 6.10. The summed E-state index contributed by atoms with van der Waals surface area (Å²) in [5, 5.41) is 0. The number of primary amides is 1. The lowest BCUT2D eigenvalue weighted by Gasteiger charge is -2.23. The van der Waals surface area contributed by atoms with E-state index in [1.807, 2.05) is 6.92 Å². The lowest BCUT2D eigenvalue weighted by Crippen LogP contribution is -2.53. The number of unbranched alkanes of at least 4 members (excludes halogenated alkanes) is 3. The average molecular weight is 230 g/mol. The largest absolute Gasteiger partial charge is 0.376 e. The van der Waals surface area contributed by atoms with Crippen LogP contribution in [0, 0.1) is 0 Å². The van der Waals surface area contributed by atoms with Crippen LogP contribution >= 0.6 is 0 Å². The van der Waals surface area contributed by atoms with Gasteiger partial charge in [0.15, 0.2) is 0 Å². The van der Waals surface area contributed by atoms with Gasteiger partial charge >= 0.3 is 0 Å². The second kappa shape index (κ2) is 7.63. The minimum absolute atomic E-state index is 0.138. The van der Waals surface area contributed by atoms with Crippen LogP contribution in [-0.4, -0.2) is 24.2 Å². The number of amides is 1. The molecule has 0 heterocycles. The maximum atomic E-state index is 11.0. The topological polar surface area (TPSA) is 78.3 Å². The first kappa shape index (κ1) is 15.4. The summed E-state index contributed by atoms with van der Waals surface area (Å²) in [6.45, 7) is 5.98. The quantitative estimate of drug-likeness (QED) is 0.590. The number of ether oxygens (including phenoxy) is 1. The molecule has 96 valence electrons. The monoisotopic (exact) mass is 230 g/mol. The highest BCUT2D eigenvalue weighted by atomic mass is 16.5. The van der Waals surface area contributed by atoms with E-state index in [-0.39, 0.29) is 12.7 Å². The first-order valence-corrected chi connectivity index (χ1v) is 6.10. The van der Waals surface area contributed by atoms with E-state index in [1.54, 1.807) is 6.92 Å². The van der Waals surface area contributed by atoms with Crippen molar-refractivity contribution in [2.24, 2.45) is 11.5 Å². The Morgan fingerprint density at radius 2 is 2.00 bits per heavy atom. The predicted octanol–water partition coefficient (Wildman–Crippen LogP) is 1.56. The van der Waals surface area contributed by atoms with Crippen LogP contribution in [0.5, 0.6) is 0 Å². The number of carbonyl (C=O) groups excluding carboxylic acids is 1. The maximum Gasteiger partial charge on any atom is 0.239 e. The van der Waals surface area contributed by atoms with E-state index in [9.17, 15) is 4.79 Å². The Labute approximate surface area is 98.7 Å². The lowest BCUT2D eigenvalue weighted by molar-refractivity contribution is -0.125. The van der Waals surface area contributed by atoms with Crippen LogP contribution in [0.4, 0.5) is 0 Å². The van der Waals surface area contributed by atoms with Gasteiger partial charge in [-0.2, -0.15) is 0 Å². The molecule has 16 heavy (non-hydrogen) atoms. The molecule has 4 N–H and O–H groups in total. The van der Waals surface area contributed by atoms with Crippen molar-refractivity contribution in [3.63, 3.8) is 0 Å². The number of carbonyl (C=O) groups is 1. The van der Waals surface area contributed by atoms with Crippen molar-refractivity contribution in [3.05, 3.63) is 0 Å². The fraction of sp³-hybridized carbons (Fsp3) is 0.917. The summed E-state index contributed by atoms with van der Waals surface area (Å²) in [6, 6.07) is 0. The van der Waals surface area contributed by atoms with E-state index >= 15 is 0 Å². The van der Waals surface area contributed by atoms with E-state index in [0.717, 1.165) is 12.8 Å². The third kappa shape index (κ3) is 6.80. The second-order valence-corrected chi connectivity index (χ2v) is 4.75. The van der Waals surface area contributed by atoms with Gasteiger partial charge in [0.2, 0.25) is 5.91 Å². The molecule has 0 aromatic carbocycles. The summed E-state index contributed by atoms with van der Waals surface area (Å²) in [7, 11) is 0. The molecule has 1 amide bonds. The van der Waals surface area contributed by atoms with Crippen molar-refractivity contribution < 1.29 is 9.53 Å². The van der Waals surface area contributed by atoms with Crippen molar-refractivity contribution in [2.45, 2.75) is 64.5 Å². The molecule has 0 spiro atoms. The maximum absolute atomic E-state index is 11.0. The summed E-state index contributed by atoms with van der Waals surface area (Å²) in [4.78, 5) is 11.0. The SMILES string of the molecule is CCCCCCC(C)OCC(C)(N)C(N)=O. The van der Waals surface area contributed by atoms with E-state index in [0.29, 0.717) is 0 Å². The molecule has 2 atom stereocenters. The molecule has 0 saturated carbocycles. The Kier molecular flexibility index (Phi) is 7.34. The zero-order valence-electron chi connectivity index (χ0n) is 10.8. The molecule has 0 rings (SSSR count). The van der Waals surface area contributed by atoms with Gasteiger partial charge in [0.1, 0.15) is 5.54 Å². The van der Waals surface area contributed by atoms with E-state index in [4.69, 9.17) is 16.2 Å². The molecule has 2 unspecified atom stereocenters. The van der Waals surface area contributed by atoms with E-state index in [1.165, 1.54) is 19.3 Å². The minimum atomic E-state index is -1.06. The molecule has 0 aliphatic carbocycles. The molecule has 0 bridgehead atoms. The number of hydrogen-bond donors (Lipinski definition) is 2. The zero-order valence-corrected chi connectivity index (χ0v) is 10.8. The standard InChI is InChI=1S/C12H26N2O2/c1-4-5-6-7-8-10(2)16-9-12(3,14)11(13)15/h10H,4-9,14H2,1-3H3,(H2,13,15). The van der Waals surface area contributed by atoms with Crippen molar-refractivity contribution in [2.75, 3.05) is 6.61 Å². The Morgan fingerprint density at radius 1 is 1.38 bits per heavy atom. The van der Waals surface area contributed by atoms with Crippen LogP contribution in [0.1, 0.15) is 52.9 Å². The van der Waals surface area contributed by atoms with Gasteiger partial charge in [0.05, 0.1) is 12.7 Å². The third-order valence-corrected chi connectivity index (χ3v) is 2.69. The van der Waals surface area contributed by atoms with Gasteiger partial charge in [-0.25, -0.2) is 0 Å². The number of rotatable bonds is 9. The summed E-state index contributed by atoms with van der Waals surface area (Å²) in [6.07, 6.45) is 6.04. The summed E-state index contributed by atoms with van der Waals surface area (Å²) in [5.74, 6) is -0.523. The average Bonchev–Trinajstić information content (AvgIpc) is 2.21. The summed E-state index contributed by atoms with van der Waals surface area (Å²) < 4.78 is 5.52. The van der Waals surface area contributed by atoms with E-state index in [2.05, 4.69) is 6.92 Å². The van der Waals surface area contributed by atoms with Crippen LogP contribution < -0.4 is 11.5 Å². The van der Waals surface area contributed by atoms with Gasteiger partial charge in [0, 0.05) is 0 Å². The third-order valence-electron chi connectivity index (χ3n) is 2.69. The molecule has 4 heteroatoms. The van der Waals surface area contributed by atoms with Crippen LogP contribution in [0.2, 0.25) is 0 Å². The van der Waals surface area contributed by atoms with Gasteiger partial charge < -0.3 is 16.2 Å². The molecule has 0 aromatic heterocycles. The second-order valence-electron chi connectivity index (χ2n) is 4.75. The van der Waals surface area contributed by atoms with Gasteiger partial charge in [-0.1, -0.05) is 32.6 Å². The Bertz CT molecular complexity index is 205. The van der Waals surface area contributed by atoms with Crippen LogP contribution in [-0.2, 0) is 9.53 Å². The van der Waals surface area contributed by atoms with Gasteiger partial charge in [-0.15, -0.1) is 0 Å². The molecule has 0 aromatic rings. The van der Waals surface area contributed by atoms with Crippen molar-refractivity contribution in [1.82, 2.24) is 0 Å². The molecule has 0 fully saturated rings. The number of nitrogens with two attached hydrogens (primary N) is 2. The minimum Gasteiger partial charge on any atom is -0.376 e. The normalized spacial score (nSPS) is 16.8. The molecule has 4 nitrogen and oxygen atoms in total. The molecule has 0 saturated heterocycles. The van der Waals surface area contributed by atoms with E-state index < -0.39 is 11.4 Å². The molecule has 0 radical (unpaired) electrons.